The third kappa shape index (κ3) is 43.6. The predicted octanol–water partition coefficient (Wildman–Crippen LogP) is 11.6. The first-order chi connectivity index (χ1) is 28.4. The molecular formula is C48H86NO9P. The van der Waals surface area contributed by atoms with Gasteiger partial charge in [0.05, 0.1) is 33.9 Å². The standard InChI is InChI=1S/C48H86NO9P/c1-6-8-10-12-14-15-16-17-18-19-20-21-22-23-24-25-27-31-36-40-48(52)58-46(44-57-59(53,54)56-42-41-49(3,4)5)43-55-47(51)39-35-32-28-30-34-38-45(50)37-33-29-26-13-11-9-7-2/h9,11,14-15,17-18,26,29,33,37,45-46,50H,6-8,10,12-13,16,19-25,27-28,30-32,34-36,38-44H2,1-5H3/b11-9+,15-14-,18-17-,29-26+,37-33+/t45?,46-/m1/s1. The van der Waals surface area contributed by atoms with Crippen LogP contribution in [0.5, 0.6) is 0 Å². The van der Waals surface area contributed by atoms with Crippen LogP contribution in [0.4, 0.5) is 0 Å². The average molecular weight is 852 g/mol. The molecule has 59 heavy (non-hydrogen) atoms. The number of likely N-dealkylation sites (N-methyl/N-ethyl adjacent to an activating group) is 1. The number of unbranched alkanes of at least 4 members (excludes halogenated alkanes) is 16. The van der Waals surface area contributed by atoms with Crippen molar-refractivity contribution in [2.45, 2.75) is 187 Å². The molecule has 0 aliphatic rings. The van der Waals surface area contributed by atoms with Gasteiger partial charge in [-0.25, -0.2) is 0 Å². The van der Waals surface area contributed by atoms with Gasteiger partial charge in [-0.2, -0.15) is 0 Å². The van der Waals surface area contributed by atoms with Gasteiger partial charge in [-0.3, -0.25) is 14.2 Å². The molecule has 10 nitrogen and oxygen atoms in total. The molecule has 0 aliphatic carbocycles. The molecule has 0 radical (unpaired) electrons. The van der Waals surface area contributed by atoms with Gasteiger partial charge in [0.25, 0.3) is 7.82 Å². The number of carbonyl (C=O) groups excluding carboxylic acids is 2. The third-order valence-electron chi connectivity index (χ3n) is 9.63. The summed E-state index contributed by atoms with van der Waals surface area (Å²) in [6.07, 6.45) is 44.1. The molecule has 0 saturated carbocycles. The predicted molar refractivity (Wildman–Crippen MR) is 242 cm³/mol. The highest BCUT2D eigenvalue weighted by molar-refractivity contribution is 7.45. The van der Waals surface area contributed by atoms with E-state index in [4.69, 9.17) is 18.5 Å². The molecule has 0 saturated heterocycles. The second-order valence-electron chi connectivity index (χ2n) is 16.6. The number of esters is 2. The number of allylic oxidation sites excluding steroid dienone is 9. The van der Waals surface area contributed by atoms with Crippen LogP contribution in [0.3, 0.4) is 0 Å². The molecule has 11 heteroatoms. The number of phosphoric acid groups is 1. The Morgan fingerprint density at radius 1 is 0.644 bits per heavy atom. The summed E-state index contributed by atoms with van der Waals surface area (Å²) in [7, 11) is 1.10. The first-order valence-electron chi connectivity index (χ1n) is 23.1. The van der Waals surface area contributed by atoms with Crippen molar-refractivity contribution in [1.29, 1.82) is 0 Å². The number of carbonyl (C=O) groups is 2. The van der Waals surface area contributed by atoms with Gasteiger partial charge in [0.15, 0.2) is 6.10 Å². The van der Waals surface area contributed by atoms with Crippen molar-refractivity contribution >= 4 is 19.8 Å². The van der Waals surface area contributed by atoms with Crippen LogP contribution in [0, 0.1) is 0 Å². The van der Waals surface area contributed by atoms with E-state index in [0.717, 1.165) is 70.6 Å². The van der Waals surface area contributed by atoms with Gasteiger partial charge in [0.2, 0.25) is 0 Å². The molecular weight excluding hydrogens is 765 g/mol. The van der Waals surface area contributed by atoms with Gasteiger partial charge in [-0.05, 0) is 64.2 Å². The fourth-order valence-electron chi connectivity index (χ4n) is 5.99. The highest BCUT2D eigenvalue weighted by Crippen LogP contribution is 2.38. The lowest BCUT2D eigenvalue weighted by molar-refractivity contribution is -0.870. The highest BCUT2D eigenvalue weighted by Gasteiger charge is 2.21. The monoisotopic (exact) mass is 852 g/mol. The third-order valence-corrected chi connectivity index (χ3v) is 10.6. The number of rotatable bonds is 41. The average Bonchev–Trinajstić information content (AvgIpc) is 3.18. The number of hydrogen-bond acceptors (Lipinski definition) is 9. The van der Waals surface area contributed by atoms with Crippen molar-refractivity contribution < 1.29 is 47.2 Å². The SMILES string of the molecule is CC/C=C/C/C=C/C=C/C(O)CCCCCCCC(=O)OC[C@H](COP(=O)([O-])OCC[N+](C)(C)C)OC(=O)CCCCCCCCCCC/C=C\C/C=C\CCCCC. The number of phosphoric ester groups is 1. The number of aliphatic hydroxyl groups excluding tert-OH is 1. The smallest absolute Gasteiger partial charge is 0.306 e. The molecule has 0 amide bonds. The molecule has 342 valence electrons. The number of ether oxygens (including phenoxy) is 2. The maximum atomic E-state index is 12.7. The summed E-state index contributed by atoms with van der Waals surface area (Å²) in [6.45, 7) is 3.95. The minimum absolute atomic E-state index is 0.0501. The van der Waals surface area contributed by atoms with Gasteiger partial charge >= 0.3 is 11.9 Å². The quantitative estimate of drug-likeness (QED) is 0.0159. The summed E-state index contributed by atoms with van der Waals surface area (Å²) in [5.41, 5.74) is 0. The van der Waals surface area contributed by atoms with E-state index < -0.39 is 38.6 Å². The van der Waals surface area contributed by atoms with E-state index in [0.29, 0.717) is 30.3 Å². The van der Waals surface area contributed by atoms with Crippen LogP contribution in [-0.4, -0.2) is 81.2 Å². The fourth-order valence-corrected chi connectivity index (χ4v) is 6.71. The Morgan fingerprint density at radius 3 is 1.80 bits per heavy atom. The van der Waals surface area contributed by atoms with Crippen molar-refractivity contribution in [3.05, 3.63) is 60.8 Å². The first-order valence-corrected chi connectivity index (χ1v) is 24.6. The van der Waals surface area contributed by atoms with Crippen LogP contribution in [0.15, 0.2) is 60.8 Å². The zero-order valence-corrected chi connectivity index (χ0v) is 38.9. The molecule has 0 heterocycles. The van der Waals surface area contributed by atoms with E-state index >= 15 is 0 Å². The van der Waals surface area contributed by atoms with Crippen LogP contribution in [0.1, 0.15) is 174 Å². The van der Waals surface area contributed by atoms with E-state index in [-0.39, 0.29) is 26.1 Å². The maximum absolute atomic E-state index is 12.7. The Balaban J connectivity index is 4.41. The maximum Gasteiger partial charge on any atom is 0.306 e. The normalized spacial score (nSPS) is 14.6. The second-order valence-corrected chi connectivity index (χ2v) is 18.0. The number of aliphatic hydroxyl groups is 1. The van der Waals surface area contributed by atoms with Gasteiger partial charge in [-0.1, -0.05) is 158 Å². The van der Waals surface area contributed by atoms with Crippen molar-refractivity contribution in [3.8, 4) is 0 Å². The second kappa shape index (κ2) is 39.8. The van der Waals surface area contributed by atoms with E-state index in [1.165, 1.54) is 57.8 Å². The number of nitrogens with zero attached hydrogens (tertiary/aromatic N) is 1. The van der Waals surface area contributed by atoms with Crippen LogP contribution < -0.4 is 4.89 Å². The van der Waals surface area contributed by atoms with Crippen LogP contribution in [-0.2, 0) is 32.7 Å². The molecule has 0 aromatic carbocycles. The van der Waals surface area contributed by atoms with E-state index in [2.05, 4.69) is 56.4 Å². The molecule has 0 aromatic heterocycles. The number of quaternary nitrogens is 1. The van der Waals surface area contributed by atoms with Crippen molar-refractivity contribution in [2.75, 3.05) is 47.5 Å². The Kier molecular flexibility index (Phi) is 38.2. The van der Waals surface area contributed by atoms with E-state index in [1.54, 1.807) is 6.08 Å². The lowest BCUT2D eigenvalue weighted by atomic mass is 10.1. The van der Waals surface area contributed by atoms with Crippen molar-refractivity contribution in [1.82, 2.24) is 0 Å². The summed E-state index contributed by atoms with van der Waals surface area (Å²) in [6, 6.07) is 0. The molecule has 2 unspecified atom stereocenters. The molecule has 0 aromatic rings. The van der Waals surface area contributed by atoms with Crippen LogP contribution in [0.25, 0.3) is 0 Å². The summed E-state index contributed by atoms with van der Waals surface area (Å²) in [4.78, 5) is 37.6. The van der Waals surface area contributed by atoms with Gasteiger partial charge in [0, 0.05) is 12.8 Å². The van der Waals surface area contributed by atoms with Crippen LogP contribution >= 0.6 is 7.82 Å². The lowest BCUT2D eigenvalue weighted by Gasteiger charge is -2.28. The summed E-state index contributed by atoms with van der Waals surface area (Å²) >= 11 is 0. The molecule has 0 spiro atoms. The van der Waals surface area contributed by atoms with Gasteiger partial charge in [-0.15, -0.1) is 0 Å². The van der Waals surface area contributed by atoms with Gasteiger partial charge in [0.1, 0.15) is 19.8 Å². The topological polar surface area (TPSA) is 131 Å². The van der Waals surface area contributed by atoms with E-state index in [1.807, 2.05) is 33.3 Å². The van der Waals surface area contributed by atoms with E-state index in [9.17, 15) is 24.2 Å². The largest absolute Gasteiger partial charge is 0.756 e. The molecule has 1 N–H and O–H groups in total. The molecule has 0 bridgehead atoms. The summed E-state index contributed by atoms with van der Waals surface area (Å²) < 4.78 is 33.9. The number of hydrogen-bond donors (Lipinski definition) is 1. The lowest BCUT2D eigenvalue weighted by Crippen LogP contribution is -2.37. The Hall–Kier alpha value is -2.33. The molecule has 0 aliphatic heterocycles. The van der Waals surface area contributed by atoms with Crippen molar-refractivity contribution in [2.24, 2.45) is 0 Å². The first kappa shape index (κ1) is 56.7. The Bertz CT molecular complexity index is 1210. The summed E-state index contributed by atoms with van der Waals surface area (Å²) in [5, 5.41) is 10.1. The molecule has 0 rings (SSSR count). The van der Waals surface area contributed by atoms with Gasteiger partial charge < -0.3 is 33.0 Å². The van der Waals surface area contributed by atoms with Crippen LogP contribution in [0.2, 0.25) is 0 Å². The molecule has 3 atom stereocenters. The Labute approximate surface area is 360 Å². The highest BCUT2D eigenvalue weighted by atomic mass is 31.2. The minimum atomic E-state index is -4.65. The minimum Gasteiger partial charge on any atom is -0.756 e. The Morgan fingerprint density at radius 2 is 1.19 bits per heavy atom. The van der Waals surface area contributed by atoms with Crippen molar-refractivity contribution in [3.63, 3.8) is 0 Å². The zero-order chi connectivity index (χ0) is 43.7. The fraction of sp³-hybridized carbons (Fsp3) is 0.750. The molecule has 0 fully saturated rings. The zero-order valence-electron chi connectivity index (χ0n) is 38.0. The summed E-state index contributed by atoms with van der Waals surface area (Å²) in [5.74, 6) is -0.919.